The molecule has 104 valence electrons. The van der Waals surface area contributed by atoms with Crippen molar-refractivity contribution in [3.8, 4) is 5.75 Å². The highest BCUT2D eigenvalue weighted by Crippen LogP contribution is 2.25. The fourth-order valence-corrected chi connectivity index (χ4v) is 1.92. The number of amides is 3. The van der Waals surface area contributed by atoms with Gasteiger partial charge in [-0.3, -0.25) is 10.1 Å². The van der Waals surface area contributed by atoms with Crippen molar-refractivity contribution in [2.45, 2.75) is 0 Å². The van der Waals surface area contributed by atoms with E-state index in [9.17, 15) is 14.4 Å². The van der Waals surface area contributed by atoms with Crippen molar-refractivity contribution in [2.75, 3.05) is 6.61 Å². The van der Waals surface area contributed by atoms with E-state index in [-0.39, 0.29) is 11.4 Å². The van der Waals surface area contributed by atoms with Gasteiger partial charge in [0.1, 0.15) is 11.4 Å². The summed E-state index contributed by atoms with van der Waals surface area (Å²) in [6, 6.07) is 4.27. The Kier molecular flexibility index (Phi) is 4.04. The Hall–Kier alpha value is -2.35. The van der Waals surface area contributed by atoms with Gasteiger partial charge in [-0.1, -0.05) is 15.9 Å². The number of nitrogens with one attached hydrogen (secondary N) is 2. The quantitative estimate of drug-likeness (QED) is 0.562. The zero-order valence-corrected chi connectivity index (χ0v) is 11.6. The number of aliphatic carboxylic acids is 1. The zero-order valence-electron chi connectivity index (χ0n) is 9.97. The van der Waals surface area contributed by atoms with Crippen LogP contribution in [0.15, 0.2) is 28.4 Å². The highest BCUT2D eigenvalue weighted by molar-refractivity contribution is 9.10. The maximum Gasteiger partial charge on any atom is 0.341 e. The number of carbonyl (C=O) groups excluding carboxylic acids is 2. The van der Waals surface area contributed by atoms with Crippen LogP contribution in [-0.2, 0) is 9.59 Å². The van der Waals surface area contributed by atoms with E-state index in [1.807, 2.05) is 0 Å². The number of halogens is 1. The molecule has 0 atom stereocenters. The summed E-state index contributed by atoms with van der Waals surface area (Å²) >= 11 is 3.26. The van der Waals surface area contributed by atoms with E-state index in [1.165, 1.54) is 6.08 Å². The van der Waals surface area contributed by atoms with E-state index in [4.69, 9.17) is 9.84 Å². The summed E-state index contributed by atoms with van der Waals surface area (Å²) in [7, 11) is 0. The molecular weight excluding hydrogens is 332 g/mol. The summed E-state index contributed by atoms with van der Waals surface area (Å²) in [5.74, 6) is -1.38. The van der Waals surface area contributed by atoms with Crippen LogP contribution < -0.4 is 15.4 Å². The minimum Gasteiger partial charge on any atom is -0.481 e. The van der Waals surface area contributed by atoms with E-state index >= 15 is 0 Å². The third-order valence-electron chi connectivity index (χ3n) is 2.34. The average Bonchev–Trinajstić information content (AvgIpc) is 2.66. The lowest BCUT2D eigenvalue weighted by atomic mass is 10.1. The van der Waals surface area contributed by atoms with Gasteiger partial charge in [0, 0.05) is 10.0 Å². The lowest BCUT2D eigenvalue weighted by molar-refractivity contribution is -0.139. The van der Waals surface area contributed by atoms with Gasteiger partial charge in [-0.2, -0.15) is 0 Å². The molecule has 0 saturated carbocycles. The predicted molar refractivity (Wildman–Crippen MR) is 71.9 cm³/mol. The zero-order chi connectivity index (χ0) is 14.7. The number of hydrogen-bond donors (Lipinski definition) is 3. The molecular formula is C12H9BrN2O5. The standard InChI is InChI=1S/C12H9BrN2O5/c13-7-1-2-9(20-5-10(16)17)6(3-7)4-8-11(18)15-12(19)14-8/h1-4H,5H2,(H,16,17)(H2,14,15,18,19). The molecule has 0 bridgehead atoms. The average molecular weight is 341 g/mol. The van der Waals surface area contributed by atoms with Crippen LogP contribution in [-0.4, -0.2) is 29.6 Å². The van der Waals surface area contributed by atoms with Crippen molar-refractivity contribution in [2.24, 2.45) is 0 Å². The Morgan fingerprint density at radius 1 is 1.35 bits per heavy atom. The summed E-state index contributed by atoms with van der Waals surface area (Å²) in [4.78, 5) is 33.0. The van der Waals surface area contributed by atoms with E-state index in [0.29, 0.717) is 5.56 Å². The van der Waals surface area contributed by atoms with Gasteiger partial charge < -0.3 is 15.2 Å². The molecule has 1 aromatic carbocycles. The second kappa shape index (κ2) is 5.74. The number of rotatable bonds is 4. The molecule has 1 aliphatic heterocycles. The number of carboxylic acid groups (broad SMARTS) is 1. The summed E-state index contributed by atoms with van der Waals surface area (Å²) in [6.07, 6.45) is 1.40. The van der Waals surface area contributed by atoms with Crippen molar-refractivity contribution >= 4 is 39.9 Å². The lowest BCUT2D eigenvalue weighted by Crippen LogP contribution is -2.22. The number of imide groups is 1. The van der Waals surface area contributed by atoms with Crippen molar-refractivity contribution in [1.29, 1.82) is 0 Å². The van der Waals surface area contributed by atoms with Crippen LogP contribution in [0.3, 0.4) is 0 Å². The molecule has 3 N–H and O–H groups in total. The van der Waals surface area contributed by atoms with Gasteiger partial charge in [-0.05, 0) is 24.3 Å². The first-order valence-electron chi connectivity index (χ1n) is 5.44. The molecule has 7 nitrogen and oxygen atoms in total. The molecule has 0 aliphatic carbocycles. The fourth-order valence-electron chi connectivity index (χ4n) is 1.54. The third kappa shape index (κ3) is 3.35. The number of carbonyl (C=O) groups is 3. The minimum atomic E-state index is -1.11. The predicted octanol–water partition coefficient (Wildman–Crippen LogP) is 1.09. The van der Waals surface area contributed by atoms with Crippen LogP contribution in [0.1, 0.15) is 5.56 Å². The van der Waals surface area contributed by atoms with Crippen molar-refractivity contribution in [1.82, 2.24) is 10.6 Å². The number of ether oxygens (including phenoxy) is 1. The van der Waals surface area contributed by atoms with Crippen molar-refractivity contribution in [3.05, 3.63) is 33.9 Å². The lowest BCUT2D eigenvalue weighted by Gasteiger charge is -2.08. The molecule has 0 radical (unpaired) electrons. The second-order valence-corrected chi connectivity index (χ2v) is 4.75. The molecule has 8 heteroatoms. The first-order chi connectivity index (χ1) is 9.45. The monoisotopic (exact) mass is 340 g/mol. The molecule has 0 unspecified atom stereocenters. The molecule has 1 aliphatic rings. The van der Waals surface area contributed by atoms with Gasteiger partial charge in [-0.15, -0.1) is 0 Å². The molecule has 3 amide bonds. The van der Waals surface area contributed by atoms with Gasteiger partial charge in [0.25, 0.3) is 5.91 Å². The summed E-state index contributed by atoms with van der Waals surface area (Å²) in [5, 5.41) is 13.0. The van der Waals surface area contributed by atoms with Gasteiger partial charge in [-0.25, -0.2) is 9.59 Å². The SMILES string of the molecule is O=C(O)COc1ccc(Br)cc1C=C1NC(=O)NC1=O. The molecule has 2 rings (SSSR count). The Balaban J connectivity index is 2.32. The van der Waals surface area contributed by atoms with Gasteiger partial charge >= 0.3 is 12.0 Å². The normalized spacial score (nSPS) is 15.9. The van der Waals surface area contributed by atoms with Crippen LogP contribution >= 0.6 is 15.9 Å². The Labute approximate surface area is 121 Å². The van der Waals surface area contributed by atoms with Crippen molar-refractivity contribution in [3.63, 3.8) is 0 Å². The minimum absolute atomic E-state index is 0.0632. The van der Waals surface area contributed by atoms with Crippen molar-refractivity contribution < 1.29 is 24.2 Å². The summed E-state index contributed by atoms with van der Waals surface area (Å²) in [5.41, 5.74) is 0.529. The van der Waals surface area contributed by atoms with Gasteiger partial charge in [0.15, 0.2) is 6.61 Å². The highest BCUT2D eigenvalue weighted by Gasteiger charge is 2.23. The molecule has 1 aromatic rings. The van der Waals surface area contributed by atoms with Crippen LogP contribution in [0.2, 0.25) is 0 Å². The highest BCUT2D eigenvalue weighted by atomic mass is 79.9. The maximum atomic E-state index is 11.4. The largest absolute Gasteiger partial charge is 0.481 e. The Bertz CT molecular complexity index is 626. The van der Waals surface area contributed by atoms with E-state index in [2.05, 4.69) is 26.6 Å². The van der Waals surface area contributed by atoms with E-state index in [0.717, 1.165) is 4.47 Å². The molecule has 1 fully saturated rings. The van der Waals surface area contributed by atoms with Crippen LogP contribution in [0, 0.1) is 0 Å². The molecule has 20 heavy (non-hydrogen) atoms. The van der Waals surface area contributed by atoms with Crippen LogP contribution in [0.4, 0.5) is 4.79 Å². The number of benzene rings is 1. The fraction of sp³-hybridized carbons (Fsp3) is 0.0833. The van der Waals surface area contributed by atoms with Gasteiger partial charge in [0.2, 0.25) is 0 Å². The van der Waals surface area contributed by atoms with Crippen LogP contribution in [0.25, 0.3) is 6.08 Å². The Morgan fingerprint density at radius 3 is 2.70 bits per heavy atom. The first kappa shape index (κ1) is 14.1. The number of urea groups is 1. The smallest absolute Gasteiger partial charge is 0.341 e. The second-order valence-electron chi connectivity index (χ2n) is 3.83. The third-order valence-corrected chi connectivity index (χ3v) is 2.84. The molecule has 0 spiro atoms. The first-order valence-corrected chi connectivity index (χ1v) is 6.23. The number of carboxylic acids is 1. The van der Waals surface area contributed by atoms with E-state index in [1.54, 1.807) is 18.2 Å². The number of hydrogen-bond acceptors (Lipinski definition) is 4. The molecule has 1 saturated heterocycles. The molecule has 1 heterocycles. The summed E-state index contributed by atoms with van der Waals surface area (Å²) in [6.45, 7) is -0.504. The molecule has 0 aromatic heterocycles. The Morgan fingerprint density at radius 2 is 2.10 bits per heavy atom. The van der Waals surface area contributed by atoms with E-state index < -0.39 is 24.5 Å². The maximum absolute atomic E-state index is 11.4. The van der Waals surface area contributed by atoms with Crippen LogP contribution in [0.5, 0.6) is 5.75 Å². The van der Waals surface area contributed by atoms with Gasteiger partial charge in [0.05, 0.1) is 0 Å². The summed E-state index contributed by atoms with van der Waals surface area (Å²) < 4.78 is 5.84. The topological polar surface area (TPSA) is 105 Å².